The number of aromatic nitrogens is 1. The molecule has 8 rings (SSSR count). The Morgan fingerprint density at radius 3 is 1.99 bits per heavy atom. The molecule has 4 nitrogen and oxygen atoms in total. The minimum Gasteiger partial charge on any atom is -0.405 e. The third-order valence-corrected chi connectivity index (χ3v) is 11.6. The van der Waals surface area contributed by atoms with Crippen molar-refractivity contribution in [1.82, 2.24) is 4.57 Å². The third-order valence-electron chi connectivity index (χ3n) is 11.6. The van der Waals surface area contributed by atoms with Gasteiger partial charge in [-0.05, 0) is 138 Å². The molecule has 0 spiro atoms. The lowest BCUT2D eigenvalue weighted by molar-refractivity contribution is 1.18. The van der Waals surface area contributed by atoms with E-state index in [1.165, 1.54) is 28.1 Å². The van der Waals surface area contributed by atoms with Gasteiger partial charge in [0.2, 0.25) is 0 Å². The van der Waals surface area contributed by atoms with Gasteiger partial charge in [0.15, 0.2) is 0 Å². The fourth-order valence-corrected chi connectivity index (χ4v) is 8.35. The maximum absolute atomic E-state index is 5.47. The molecule has 0 unspecified atom stereocenters. The summed E-state index contributed by atoms with van der Waals surface area (Å²) in [6.07, 6.45) is 33.1. The fourth-order valence-electron chi connectivity index (χ4n) is 8.35. The van der Waals surface area contributed by atoms with Gasteiger partial charge in [0, 0.05) is 45.2 Å². The van der Waals surface area contributed by atoms with Crippen LogP contribution in [0.5, 0.6) is 0 Å². The lowest BCUT2D eigenvalue weighted by atomic mass is 9.96. The summed E-state index contributed by atoms with van der Waals surface area (Å²) in [5, 5.41) is 5.97. The van der Waals surface area contributed by atoms with Crippen LogP contribution in [0.3, 0.4) is 0 Å². The number of allylic oxidation sites excluding steroid dienone is 17. The molecule has 0 saturated carbocycles. The molecule has 0 aliphatic carbocycles. The Bertz CT molecular complexity index is 3380. The number of rotatable bonds is 17. The summed E-state index contributed by atoms with van der Waals surface area (Å²) < 4.78 is 2.39. The molecule has 0 saturated heterocycles. The van der Waals surface area contributed by atoms with Crippen LogP contribution in [0.1, 0.15) is 30.5 Å². The summed E-state index contributed by atoms with van der Waals surface area (Å²) in [6.45, 7) is 8.31. The molecule has 4 heteroatoms. The van der Waals surface area contributed by atoms with Crippen molar-refractivity contribution >= 4 is 50.0 Å². The molecule has 69 heavy (non-hydrogen) atoms. The number of hydrogen-bond donors (Lipinski definition) is 2. The highest BCUT2D eigenvalue weighted by atomic mass is 15.0. The highest BCUT2D eigenvalue weighted by Crippen LogP contribution is 2.38. The number of nitrogens with two attached hydrogens (primary N) is 1. The SMILES string of the molecule is C=C/C=C(\C=C(/C)c1ccccc1Nc1ccccc1)c1ccc2c(c1)c1cc(-c3ccccc3)ccc1n2-c1cccc(-c2cccc(C(/C=C/C=C/C=C\C=C/N)=N\C=C/C=C\C=C\C)c2)c1. The monoisotopic (exact) mass is 892 g/mol. The molecule has 0 amide bonds. The van der Waals surface area contributed by atoms with Gasteiger partial charge < -0.3 is 15.6 Å². The Morgan fingerprint density at radius 1 is 0.565 bits per heavy atom. The molecule has 0 radical (unpaired) electrons. The van der Waals surface area contributed by atoms with Gasteiger partial charge in [0.05, 0.1) is 16.7 Å². The zero-order chi connectivity index (χ0) is 47.6. The maximum Gasteiger partial charge on any atom is 0.0702 e. The average molecular weight is 893 g/mol. The highest BCUT2D eigenvalue weighted by Gasteiger charge is 2.16. The van der Waals surface area contributed by atoms with E-state index in [0.717, 1.165) is 72.8 Å². The molecule has 336 valence electrons. The van der Waals surface area contributed by atoms with Gasteiger partial charge in [-0.3, -0.25) is 4.99 Å². The third kappa shape index (κ3) is 11.7. The first-order chi connectivity index (χ1) is 34.0. The summed E-state index contributed by atoms with van der Waals surface area (Å²) in [6, 6.07) is 60.5. The van der Waals surface area contributed by atoms with E-state index in [1.54, 1.807) is 6.08 Å². The van der Waals surface area contributed by atoms with Gasteiger partial charge in [0.1, 0.15) is 0 Å². The van der Waals surface area contributed by atoms with Crippen LogP contribution in [-0.4, -0.2) is 10.3 Å². The van der Waals surface area contributed by atoms with Crippen LogP contribution in [-0.2, 0) is 0 Å². The fraction of sp³-hybridized carbons (Fsp3) is 0.0308. The van der Waals surface area contributed by atoms with Crippen molar-refractivity contribution in [2.45, 2.75) is 13.8 Å². The van der Waals surface area contributed by atoms with E-state index < -0.39 is 0 Å². The topological polar surface area (TPSA) is 55.3 Å². The number of nitrogens with zero attached hydrogens (tertiary/aromatic N) is 2. The molecule has 0 aliphatic heterocycles. The van der Waals surface area contributed by atoms with Gasteiger partial charge >= 0.3 is 0 Å². The largest absolute Gasteiger partial charge is 0.405 e. The lowest BCUT2D eigenvalue weighted by Gasteiger charge is -2.14. The quantitative estimate of drug-likeness (QED) is 0.0707. The molecule has 3 N–H and O–H groups in total. The smallest absolute Gasteiger partial charge is 0.0702 e. The lowest BCUT2D eigenvalue weighted by Crippen LogP contribution is -1.97. The normalized spacial score (nSPS) is 13.0. The van der Waals surface area contributed by atoms with Gasteiger partial charge in [0.25, 0.3) is 0 Å². The summed E-state index contributed by atoms with van der Waals surface area (Å²) in [5.41, 5.74) is 21.8. The van der Waals surface area contributed by atoms with Crippen LogP contribution in [0, 0.1) is 0 Å². The second-order valence-electron chi connectivity index (χ2n) is 16.3. The van der Waals surface area contributed by atoms with Gasteiger partial charge in [-0.1, -0.05) is 189 Å². The van der Waals surface area contributed by atoms with E-state index in [0.29, 0.717) is 0 Å². The van der Waals surface area contributed by atoms with Crippen LogP contribution in [0.15, 0.2) is 285 Å². The molecule has 7 aromatic carbocycles. The predicted molar refractivity (Wildman–Crippen MR) is 300 cm³/mol. The Kier molecular flexibility index (Phi) is 15.8. The second kappa shape index (κ2) is 23.5. The van der Waals surface area contributed by atoms with E-state index in [4.69, 9.17) is 10.7 Å². The number of fused-ring (bicyclic) bond motifs is 3. The first kappa shape index (κ1) is 46.5. The Labute approximate surface area is 407 Å². The molecular weight excluding hydrogens is 837 g/mol. The van der Waals surface area contributed by atoms with E-state index in [9.17, 15) is 0 Å². The van der Waals surface area contributed by atoms with Crippen LogP contribution in [0.4, 0.5) is 11.4 Å². The van der Waals surface area contributed by atoms with Crippen molar-refractivity contribution in [2.75, 3.05) is 5.32 Å². The summed E-state index contributed by atoms with van der Waals surface area (Å²) in [7, 11) is 0. The summed E-state index contributed by atoms with van der Waals surface area (Å²) in [5.74, 6) is 0. The zero-order valence-electron chi connectivity index (χ0n) is 39.2. The van der Waals surface area contributed by atoms with Gasteiger partial charge in [-0.15, -0.1) is 0 Å². The van der Waals surface area contributed by atoms with Crippen LogP contribution < -0.4 is 11.1 Å². The number of nitrogens with one attached hydrogen (secondary N) is 1. The molecule has 1 heterocycles. The van der Waals surface area contributed by atoms with Crippen molar-refractivity contribution in [3.63, 3.8) is 0 Å². The van der Waals surface area contributed by atoms with Crippen molar-refractivity contribution < 1.29 is 0 Å². The number of benzene rings is 7. The van der Waals surface area contributed by atoms with Crippen LogP contribution in [0.25, 0.3) is 60.9 Å². The van der Waals surface area contributed by atoms with Gasteiger partial charge in [-0.2, -0.15) is 0 Å². The number of anilines is 2. The molecule has 0 atom stereocenters. The molecule has 0 bridgehead atoms. The average Bonchev–Trinajstić information content (AvgIpc) is 3.72. The summed E-state index contributed by atoms with van der Waals surface area (Å²) >= 11 is 0. The van der Waals surface area contributed by atoms with Crippen LogP contribution >= 0.6 is 0 Å². The second-order valence-corrected chi connectivity index (χ2v) is 16.3. The van der Waals surface area contributed by atoms with E-state index >= 15 is 0 Å². The Hall–Kier alpha value is -8.99. The number of para-hydroxylation sites is 2. The summed E-state index contributed by atoms with van der Waals surface area (Å²) in [4.78, 5) is 4.88. The Balaban J connectivity index is 1.20. The molecule has 1 aromatic heterocycles. The standard InChI is InChI=1S/C65H56N4/c1-4-6-7-12-23-43-67-62(36-19-10-8-9-11-22-42-66)56-31-24-29-52(45-56)53-30-25-34-58(46-53)69-64-40-38-54(50-27-15-13-16-28-50)47-60(64)61-48-55(39-41-65(61)69)51(26-5-2)44-49(3)59-35-20-21-37-63(59)68-57-32-17-14-18-33-57/h4-48,68H,2,66H2,1,3H3/b6-4+,10-8+,11-9-,12-7-,36-19+,42-22-,43-23-,49-44+,51-26+,67-62-. The van der Waals surface area contributed by atoms with E-state index in [1.807, 2.05) is 104 Å². The Morgan fingerprint density at radius 2 is 1.20 bits per heavy atom. The number of hydrogen-bond acceptors (Lipinski definition) is 3. The molecule has 0 aliphatic rings. The van der Waals surface area contributed by atoms with E-state index in [-0.39, 0.29) is 0 Å². The maximum atomic E-state index is 5.47. The minimum atomic E-state index is 0.842. The van der Waals surface area contributed by atoms with Crippen LogP contribution in [0.2, 0.25) is 0 Å². The zero-order valence-corrected chi connectivity index (χ0v) is 39.2. The van der Waals surface area contributed by atoms with Gasteiger partial charge in [-0.25, -0.2) is 0 Å². The predicted octanol–water partition coefficient (Wildman–Crippen LogP) is 17.1. The number of aliphatic imine (C=N–C) groups is 1. The van der Waals surface area contributed by atoms with Crippen molar-refractivity contribution in [3.8, 4) is 27.9 Å². The van der Waals surface area contributed by atoms with Crippen molar-refractivity contribution in [1.29, 1.82) is 0 Å². The van der Waals surface area contributed by atoms with Crippen molar-refractivity contribution in [3.05, 3.63) is 297 Å². The van der Waals surface area contributed by atoms with Crippen molar-refractivity contribution in [2.24, 2.45) is 10.7 Å². The first-order valence-corrected chi connectivity index (χ1v) is 23.2. The molecule has 0 fully saturated rings. The molecular formula is C65H56N4. The first-order valence-electron chi connectivity index (χ1n) is 23.2. The van der Waals surface area contributed by atoms with E-state index in [2.05, 4.69) is 187 Å². The minimum absolute atomic E-state index is 0.842. The highest BCUT2D eigenvalue weighted by molar-refractivity contribution is 6.12. The molecule has 8 aromatic rings.